The molecule has 0 unspecified atom stereocenters. The Labute approximate surface area is 129 Å². The number of carbonyl (C=O) groups excluding carboxylic acids is 1. The molecule has 2 rings (SSSR count). The summed E-state index contributed by atoms with van der Waals surface area (Å²) in [6.45, 7) is 5.22. The molecule has 0 radical (unpaired) electrons. The Kier molecular flexibility index (Phi) is 4.96. The zero-order chi connectivity index (χ0) is 14.7. The van der Waals surface area contributed by atoms with Gasteiger partial charge in [0.05, 0.1) is 4.91 Å². The molecule has 0 saturated carbocycles. The van der Waals surface area contributed by atoms with Gasteiger partial charge in [0.2, 0.25) is 0 Å². The van der Waals surface area contributed by atoms with Crippen LogP contribution in [0.1, 0.15) is 30.9 Å². The van der Waals surface area contributed by atoms with Gasteiger partial charge in [0, 0.05) is 13.1 Å². The van der Waals surface area contributed by atoms with Gasteiger partial charge in [-0.1, -0.05) is 62.1 Å². The van der Waals surface area contributed by atoms with Crippen molar-refractivity contribution in [1.29, 1.82) is 0 Å². The van der Waals surface area contributed by atoms with Gasteiger partial charge in [-0.05, 0) is 23.1 Å². The van der Waals surface area contributed by atoms with E-state index in [1.54, 1.807) is 4.90 Å². The van der Waals surface area contributed by atoms with Gasteiger partial charge in [0.1, 0.15) is 4.32 Å². The van der Waals surface area contributed by atoms with Gasteiger partial charge in [-0.15, -0.1) is 0 Å². The van der Waals surface area contributed by atoms with E-state index in [2.05, 4.69) is 26.0 Å². The number of amides is 1. The molecule has 1 amide bonds. The van der Waals surface area contributed by atoms with Crippen LogP contribution in [-0.4, -0.2) is 28.2 Å². The number of thioether (sulfide) groups is 1. The maximum atomic E-state index is 12.2. The fourth-order valence-electron chi connectivity index (χ4n) is 1.95. The van der Waals surface area contributed by atoms with Crippen LogP contribution in [-0.2, 0) is 4.79 Å². The highest BCUT2D eigenvalue weighted by Gasteiger charge is 2.31. The van der Waals surface area contributed by atoms with Crippen molar-refractivity contribution in [2.24, 2.45) is 5.73 Å². The lowest BCUT2D eigenvalue weighted by atomic mass is 10.0. The first-order valence-corrected chi connectivity index (χ1v) is 7.81. The van der Waals surface area contributed by atoms with Gasteiger partial charge in [-0.25, -0.2) is 0 Å². The Balaban J connectivity index is 2.19. The lowest BCUT2D eigenvalue weighted by Gasteiger charge is -2.11. The molecule has 0 aliphatic carbocycles. The van der Waals surface area contributed by atoms with Crippen molar-refractivity contribution in [3.63, 3.8) is 0 Å². The minimum Gasteiger partial charge on any atom is -0.329 e. The normalized spacial score (nSPS) is 17.6. The standard InChI is InChI=1S/C15H18N2OS2/c1-10(2)12-5-3-11(4-6-12)9-13-14(18)17(8-7-16)15(19)20-13/h3-6,9-10H,7-8,16H2,1-2H3/b13-9+. The largest absolute Gasteiger partial charge is 0.329 e. The minimum atomic E-state index is -0.0432. The summed E-state index contributed by atoms with van der Waals surface area (Å²) in [4.78, 5) is 14.4. The fourth-order valence-corrected chi connectivity index (χ4v) is 3.26. The van der Waals surface area contributed by atoms with E-state index in [1.807, 2.05) is 18.2 Å². The molecule has 106 valence electrons. The van der Waals surface area contributed by atoms with E-state index in [-0.39, 0.29) is 5.91 Å². The van der Waals surface area contributed by atoms with Gasteiger partial charge in [0.15, 0.2) is 0 Å². The van der Waals surface area contributed by atoms with E-state index >= 15 is 0 Å². The first-order valence-electron chi connectivity index (χ1n) is 6.58. The Morgan fingerprint density at radius 1 is 1.35 bits per heavy atom. The third kappa shape index (κ3) is 3.29. The van der Waals surface area contributed by atoms with Crippen molar-refractivity contribution in [2.75, 3.05) is 13.1 Å². The molecule has 1 aliphatic rings. The highest BCUT2D eigenvalue weighted by molar-refractivity contribution is 8.26. The summed E-state index contributed by atoms with van der Waals surface area (Å²) in [6, 6.07) is 8.25. The molecule has 1 aromatic rings. The second-order valence-corrected chi connectivity index (χ2v) is 6.62. The molecule has 20 heavy (non-hydrogen) atoms. The molecule has 5 heteroatoms. The van der Waals surface area contributed by atoms with Gasteiger partial charge < -0.3 is 5.73 Å². The minimum absolute atomic E-state index is 0.0432. The van der Waals surface area contributed by atoms with Crippen LogP contribution in [0.25, 0.3) is 6.08 Å². The van der Waals surface area contributed by atoms with Gasteiger partial charge >= 0.3 is 0 Å². The first-order chi connectivity index (χ1) is 9.52. The van der Waals surface area contributed by atoms with Crippen molar-refractivity contribution in [3.05, 3.63) is 40.3 Å². The molecular weight excluding hydrogens is 288 g/mol. The molecule has 3 nitrogen and oxygen atoms in total. The number of thiocarbonyl (C=S) groups is 1. The quantitative estimate of drug-likeness (QED) is 0.686. The lowest BCUT2D eigenvalue weighted by molar-refractivity contribution is -0.122. The number of carbonyl (C=O) groups is 1. The summed E-state index contributed by atoms with van der Waals surface area (Å²) < 4.78 is 0.588. The first kappa shape index (κ1) is 15.2. The van der Waals surface area contributed by atoms with Gasteiger partial charge in [-0.3, -0.25) is 9.69 Å². The summed E-state index contributed by atoms with van der Waals surface area (Å²) in [5.74, 6) is 0.463. The molecule has 0 aromatic heterocycles. The lowest BCUT2D eigenvalue weighted by Crippen LogP contribution is -2.32. The average molecular weight is 306 g/mol. The van der Waals surface area contributed by atoms with Crippen LogP contribution in [0.15, 0.2) is 29.2 Å². The zero-order valence-corrected chi connectivity index (χ0v) is 13.3. The van der Waals surface area contributed by atoms with Crippen molar-refractivity contribution in [3.8, 4) is 0 Å². The molecular formula is C15H18N2OS2. The highest BCUT2D eigenvalue weighted by Crippen LogP contribution is 2.32. The van der Waals surface area contributed by atoms with Crippen LogP contribution in [0.5, 0.6) is 0 Å². The molecule has 1 aliphatic heterocycles. The Morgan fingerprint density at radius 3 is 2.55 bits per heavy atom. The fraction of sp³-hybridized carbons (Fsp3) is 0.333. The van der Waals surface area contributed by atoms with E-state index in [0.717, 1.165) is 5.56 Å². The van der Waals surface area contributed by atoms with E-state index in [4.69, 9.17) is 18.0 Å². The van der Waals surface area contributed by atoms with Crippen LogP contribution in [0, 0.1) is 0 Å². The molecule has 0 bridgehead atoms. The predicted molar refractivity (Wildman–Crippen MR) is 89.5 cm³/mol. The van der Waals surface area contributed by atoms with Crippen LogP contribution in [0.2, 0.25) is 0 Å². The number of nitrogens with zero attached hydrogens (tertiary/aromatic N) is 1. The Hall–Kier alpha value is -1.17. The smallest absolute Gasteiger partial charge is 0.266 e. The maximum absolute atomic E-state index is 12.2. The maximum Gasteiger partial charge on any atom is 0.266 e. The molecule has 0 spiro atoms. The Morgan fingerprint density at radius 2 is 2.00 bits per heavy atom. The Bertz CT molecular complexity index is 549. The van der Waals surface area contributed by atoms with Gasteiger partial charge in [0.25, 0.3) is 5.91 Å². The van der Waals surface area contributed by atoms with E-state index in [9.17, 15) is 4.79 Å². The summed E-state index contributed by atoms with van der Waals surface area (Å²) in [5, 5.41) is 0. The molecule has 1 aromatic carbocycles. The van der Waals surface area contributed by atoms with Crippen molar-refractivity contribution < 1.29 is 4.79 Å². The summed E-state index contributed by atoms with van der Waals surface area (Å²) in [5.41, 5.74) is 7.80. The number of hydrogen-bond donors (Lipinski definition) is 1. The average Bonchev–Trinajstić information content (AvgIpc) is 2.67. The number of nitrogens with two attached hydrogens (primary N) is 1. The van der Waals surface area contributed by atoms with E-state index in [0.29, 0.717) is 28.2 Å². The summed E-state index contributed by atoms with van der Waals surface area (Å²) in [6.07, 6.45) is 1.89. The molecule has 1 heterocycles. The third-order valence-corrected chi connectivity index (χ3v) is 4.50. The molecule has 0 atom stereocenters. The second kappa shape index (κ2) is 6.52. The van der Waals surface area contributed by atoms with Crippen LogP contribution in [0.3, 0.4) is 0 Å². The summed E-state index contributed by atoms with van der Waals surface area (Å²) >= 11 is 6.54. The second-order valence-electron chi connectivity index (χ2n) is 4.94. The van der Waals surface area contributed by atoms with Crippen molar-refractivity contribution in [1.82, 2.24) is 4.90 Å². The molecule has 1 saturated heterocycles. The molecule has 1 fully saturated rings. The van der Waals surface area contributed by atoms with Crippen molar-refractivity contribution >= 4 is 40.3 Å². The van der Waals surface area contributed by atoms with E-state index in [1.165, 1.54) is 17.3 Å². The van der Waals surface area contributed by atoms with Crippen LogP contribution >= 0.6 is 24.0 Å². The molecule has 2 N–H and O–H groups in total. The number of rotatable bonds is 4. The summed E-state index contributed by atoms with van der Waals surface area (Å²) in [7, 11) is 0. The zero-order valence-electron chi connectivity index (χ0n) is 11.6. The van der Waals surface area contributed by atoms with E-state index < -0.39 is 0 Å². The monoisotopic (exact) mass is 306 g/mol. The topological polar surface area (TPSA) is 46.3 Å². The number of hydrogen-bond acceptors (Lipinski definition) is 4. The SMILES string of the molecule is CC(C)c1ccc(/C=C2/SC(=S)N(CCN)C2=O)cc1. The van der Waals surface area contributed by atoms with Crippen LogP contribution < -0.4 is 5.73 Å². The predicted octanol–water partition coefficient (Wildman–Crippen LogP) is 2.97. The van der Waals surface area contributed by atoms with Crippen molar-refractivity contribution in [2.45, 2.75) is 19.8 Å². The number of benzene rings is 1. The third-order valence-electron chi connectivity index (χ3n) is 3.13. The van der Waals surface area contributed by atoms with Gasteiger partial charge in [-0.2, -0.15) is 0 Å². The highest BCUT2D eigenvalue weighted by atomic mass is 32.2. The van der Waals surface area contributed by atoms with Crippen LogP contribution in [0.4, 0.5) is 0 Å².